The molecule has 8 heteroatoms. The summed E-state index contributed by atoms with van der Waals surface area (Å²) in [6.45, 7) is 0.381. The maximum Gasteiger partial charge on any atom is 0.416 e. The number of benzene rings is 1. The zero-order valence-corrected chi connectivity index (χ0v) is 16.1. The van der Waals surface area contributed by atoms with Gasteiger partial charge >= 0.3 is 6.18 Å². The van der Waals surface area contributed by atoms with E-state index in [1.165, 1.54) is 24.3 Å². The smallest absolute Gasteiger partial charge is 0.416 e. The van der Waals surface area contributed by atoms with Crippen LogP contribution < -0.4 is 5.32 Å². The van der Waals surface area contributed by atoms with Crippen LogP contribution in [0.4, 0.5) is 13.2 Å². The Morgan fingerprint density at radius 2 is 1.96 bits per heavy atom. The van der Waals surface area contributed by atoms with Crippen LogP contribution in [-0.2, 0) is 6.18 Å². The molecule has 0 aliphatic heterocycles. The molecule has 148 valence electrons. The van der Waals surface area contributed by atoms with E-state index in [1.807, 2.05) is 36.5 Å². The standard InChI is InChI=1S/C20H19F3N2O2S/c1-25(2)15(18-7-4-10-28-18)12-24-19(26)17-9-8-16(27-17)13-5-3-6-14(11-13)20(21,22)23/h3-11,15H,12H2,1-2H3,(H,24,26)/t15-/m0/s1. The number of likely N-dealkylation sites (N-methyl/N-ethyl adjacent to an activating group) is 1. The van der Waals surface area contributed by atoms with Crippen LogP contribution in [0.3, 0.4) is 0 Å². The number of carbonyl (C=O) groups is 1. The number of nitrogens with one attached hydrogen (secondary N) is 1. The molecule has 0 saturated heterocycles. The summed E-state index contributed by atoms with van der Waals surface area (Å²) in [6.07, 6.45) is -4.44. The van der Waals surface area contributed by atoms with E-state index in [4.69, 9.17) is 4.42 Å². The number of hydrogen-bond acceptors (Lipinski definition) is 4. The molecule has 0 spiro atoms. The highest BCUT2D eigenvalue weighted by atomic mass is 32.1. The van der Waals surface area contributed by atoms with Crippen molar-refractivity contribution in [2.45, 2.75) is 12.2 Å². The van der Waals surface area contributed by atoms with Crippen molar-refractivity contribution in [3.63, 3.8) is 0 Å². The van der Waals surface area contributed by atoms with E-state index in [1.54, 1.807) is 11.3 Å². The second-order valence-electron chi connectivity index (χ2n) is 6.45. The SMILES string of the molecule is CN(C)[C@@H](CNC(=O)c1ccc(-c2cccc(C(F)(F)F)c2)o1)c1cccs1. The van der Waals surface area contributed by atoms with Gasteiger partial charge in [0.1, 0.15) is 5.76 Å². The van der Waals surface area contributed by atoms with Crippen LogP contribution in [0.5, 0.6) is 0 Å². The number of halogens is 3. The summed E-state index contributed by atoms with van der Waals surface area (Å²) in [5.74, 6) is -0.156. The molecule has 3 aromatic rings. The second kappa shape index (κ2) is 8.20. The first-order valence-corrected chi connectivity index (χ1v) is 9.39. The lowest BCUT2D eigenvalue weighted by atomic mass is 10.1. The molecule has 1 aromatic carbocycles. The van der Waals surface area contributed by atoms with Crippen molar-refractivity contribution in [3.8, 4) is 11.3 Å². The molecule has 0 fully saturated rings. The Bertz CT molecular complexity index is 933. The molecule has 0 aliphatic rings. The first kappa shape index (κ1) is 20.2. The molecule has 3 rings (SSSR count). The monoisotopic (exact) mass is 408 g/mol. The van der Waals surface area contributed by atoms with E-state index in [-0.39, 0.29) is 23.1 Å². The zero-order chi connectivity index (χ0) is 20.3. The maximum absolute atomic E-state index is 12.9. The van der Waals surface area contributed by atoms with E-state index in [2.05, 4.69) is 5.32 Å². The summed E-state index contributed by atoms with van der Waals surface area (Å²) < 4.78 is 44.1. The quantitative estimate of drug-likeness (QED) is 0.620. The normalized spacial score (nSPS) is 12.9. The largest absolute Gasteiger partial charge is 0.451 e. The van der Waals surface area contributed by atoms with Gasteiger partial charge in [0.05, 0.1) is 11.6 Å². The Labute approximate surface area is 164 Å². The lowest BCUT2D eigenvalue weighted by molar-refractivity contribution is -0.137. The van der Waals surface area contributed by atoms with E-state index in [0.29, 0.717) is 6.54 Å². The van der Waals surface area contributed by atoms with Gasteiger partial charge < -0.3 is 14.6 Å². The molecule has 4 nitrogen and oxygen atoms in total. The van der Waals surface area contributed by atoms with Crippen molar-refractivity contribution < 1.29 is 22.4 Å². The highest BCUT2D eigenvalue weighted by molar-refractivity contribution is 7.10. The minimum absolute atomic E-state index is 0.0156. The van der Waals surface area contributed by atoms with Crippen LogP contribution in [0, 0.1) is 0 Å². The van der Waals surface area contributed by atoms with Gasteiger partial charge in [-0.25, -0.2) is 0 Å². The number of furan rings is 1. The lowest BCUT2D eigenvalue weighted by Crippen LogP contribution is -2.34. The van der Waals surface area contributed by atoms with E-state index in [9.17, 15) is 18.0 Å². The molecule has 0 saturated carbocycles. The molecule has 0 aliphatic carbocycles. The van der Waals surface area contributed by atoms with Crippen molar-refractivity contribution >= 4 is 17.2 Å². The van der Waals surface area contributed by atoms with Crippen LogP contribution in [-0.4, -0.2) is 31.4 Å². The average molecular weight is 408 g/mol. The Hall–Kier alpha value is -2.58. The summed E-state index contributed by atoms with van der Waals surface area (Å²) in [6, 6.07) is 11.7. The third-order valence-electron chi connectivity index (χ3n) is 4.26. The van der Waals surface area contributed by atoms with Crippen LogP contribution in [0.2, 0.25) is 0 Å². The van der Waals surface area contributed by atoms with Gasteiger partial charge in [-0.1, -0.05) is 18.2 Å². The average Bonchev–Trinajstić information content (AvgIpc) is 3.33. The van der Waals surface area contributed by atoms with Crippen molar-refractivity contribution in [1.29, 1.82) is 0 Å². The molecular formula is C20H19F3N2O2S. The van der Waals surface area contributed by atoms with Gasteiger partial charge in [0.25, 0.3) is 5.91 Å². The first-order chi connectivity index (χ1) is 13.3. The number of rotatable bonds is 6. The maximum atomic E-state index is 12.9. The zero-order valence-electron chi connectivity index (χ0n) is 15.3. The fraction of sp³-hybridized carbons (Fsp3) is 0.250. The predicted molar refractivity (Wildman–Crippen MR) is 102 cm³/mol. The van der Waals surface area contributed by atoms with Gasteiger partial charge in [0.2, 0.25) is 0 Å². The van der Waals surface area contributed by atoms with Gasteiger partial charge in [-0.15, -0.1) is 11.3 Å². The summed E-state index contributed by atoms with van der Waals surface area (Å²) in [4.78, 5) is 15.5. The second-order valence-corrected chi connectivity index (χ2v) is 7.43. The molecule has 0 radical (unpaired) electrons. The Kier molecular flexibility index (Phi) is 5.90. The molecular weight excluding hydrogens is 389 g/mol. The Morgan fingerprint density at radius 3 is 2.61 bits per heavy atom. The van der Waals surface area contributed by atoms with E-state index >= 15 is 0 Å². The van der Waals surface area contributed by atoms with Gasteiger partial charge in [-0.05, 0) is 49.8 Å². The van der Waals surface area contributed by atoms with Crippen molar-refractivity contribution in [1.82, 2.24) is 10.2 Å². The highest BCUT2D eigenvalue weighted by Crippen LogP contribution is 2.32. The Morgan fingerprint density at radius 1 is 1.18 bits per heavy atom. The summed E-state index contributed by atoms with van der Waals surface area (Å²) in [5, 5.41) is 4.80. The number of carbonyl (C=O) groups excluding carboxylic acids is 1. The molecule has 1 atom stereocenters. The number of nitrogens with zero attached hydrogens (tertiary/aromatic N) is 1. The minimum Gasteiger partial charge on any atom is -0.451 e. The van der Waals surface area contributed by atoms with Crippen LogP contribution in [0.15, 0.2) is 58.3 Å². The molecule has 2 heterocycles. The van der Waals surface area contributed by atoms with E-state index < -0.39 is 17.6 Å². The predicted octanol–water partition coefficient (Wildman–Crippen LogP) is 5.06. The molecule has 1 N–H and O–H groups in total. The van der Waals surface area contributed by atoms with Gasteiger partial charge in [-0.2, -0.15) is 13.2 Å². The van der Waals surface area contributed by atoms with Crippen LogP contribution >= 0.6 is 11.3 Å². The first-order valence-electron chi connectivity index (χ1n) is 8.51. The fourth-order valence-electron chi connectivity index (χ4n) is 2.76. The van der Waals surface area contributed by atoms with Crippen LogP contribution in [0.1, 0.15) is 27.0 Å². The van der Waals surface area contributed by atoms with Crippen molar-refractivity contribution in [2.24, 2.45) is 0 Å². The van der Waals surface area contributed by atoms with Crippen molar-refractivity contribution in [3.05, 3.63) is 70.1 Å². The molecule has 28 heavy (non-hydrogen) atoms. The molecule has 2 aromatic heterocycles. The summed E-state index contributed by atoms with van der Waals surface area (Å²) in [5.41, 5.74) is -0.504. The number of thiophene rings is 1. The highest BCUT2D eigenvalue weighted by Gasteiger charge is 2.30. The summed E-state index contributed by atoms with van der Waals surface area (Å²) >= 11 is 1.60. The molecule has 0 bridgehead atoms. The molecule has 0 unspecified atom stereocenters. The third kappa shape index (κ3) is 4.63. The minimum atomic E-state index is -4.44. The van der Waals surface area contributed by atoms with Crippen LogP contribution in [0.25, 0.3) is 11.3 Å². The number of hydrogen-bond donors (Lipinski definition) is 1. The third-order valence-corrected chi connectivity index (χ3v) is 5.23. The topological polar surface area (TPSA) is 45.5 Å². The van der Waals surface area contributed by atoms with Gasteiger partial charge in [-0.3, -0.25) is 4.79 Å². The molecule has 1 amide bonds. The van der Waals surface area contributed by atoms with Gasteiger partial charge in [0, 0.05) is 17.0 Å². The Balaban J connectivity index is 1.71. The summed E-state index contributed by atoms with van der Waals surface area (Å²) in [7, 11) is 3.85. The van der Waals surface area contributed by atoms with Gasteiger partial charge in [0.15, 0.2) is 5.76 Å². The number of amides is 1. The fourth-order valence-corrected chi connectivity index (χ4v) is 3.68. The lowest BCUT2D eigenvalue weighted by Gasteiger charge is -2.23. The van der Waals surface area contributed by atoms with Crippen molar-refractivity contribution in [2.75, 3.05) is 20.6 Å². The van der Waals surface area contributed by atoms with E-state index in [0.717, 1.165) is 17.0 Å². The number of alkyl halides is 3.